The van der Waals surface area contributed by atoms with Gasteiger partial charge in [0.15, 0.2) is 0 Å². The van der Waals surface area contributed by atoms with E-state index in [1.807, 2.05) is 13.8 Å². The summed E-state index contributed by atoms with van der Waals surface area (Å²) in [6.07, 6.45) is -10.8. The zero-order chi connectivity index (χ0) is 29.7. The van der Waals surface area contributed by atoms with Crippen molar-refractivity contribution in [2.45, 2.75) is 72.0 Å². The molecule has 3 rings (SSSR count). The maximum atomic E-state index is 12.9. The number of carbonyl (C=O) groups is 1. The van der Waals surface area contributed by atoms with Gasteiger partial charge in [-0.3, -0.25) is 9.69 Å². The van der Waals surface area contributed by atoms with Crippen LogP contribution < -0.4 is 0 Å². The van der Waals surface area contributed by atoms with Gasteiger partial charge >= 0.3 is 18.5 Å². The van der Waals surface area contributed by atoms with Crippen molar-refractivity contribution in [1.82, 2.24) is 4.90 Å². The number of carboxylic acid groups (broad SMARTS) is 1. The normalized spacial score (nSPS) is 14.1. The first-order chi connectivity index (χ1) is 17.4. The molecular formula is C26H32F9NO2. The molecule has 0 aromatic heterocycles. The van der Waals surface area contributed by atoms with E-state index in [9.17, 15) is 39.5 Å². The number of likely N-dealkylation sites (tertiary alicyclic amines) is 1. The van der Waals surface area contributed by atoms with E-state index in [1.165, 1.54) is 12.1 Å². The number of alkyl halides is 9. The molecule has 0 amide bonds. The Balaban J connectivity index is 0.000000672. The first-order valence-corrected chi connectivity index (χ1v) is 11.7. The Morgan fingerprint density at radius 2 is 1.18 bits per heavy atom. The Kier molecular flexibility index (Phi) is 14.5. The number of hydrogen-bond donors (Lipinski definition) is 1. The zero-order valence-corrected chi connectivity index (χ0v) is 21.5. The molecule has 38 heavy (non-hydrogen) atoms. The van der Waals surface area contributed by atoms with Crippen molar-refractivity contribution < 1.29 is 49.4 Å². The second-order valence-corrected chi connectivity index (χ2v) is 8.09. The standard InChI is InChI=1S/C14H15F6N.C8H7F3.C2H4O2.C2H6/c15-13(16,17)11-4-5-12(14(18,19)20)10(8-11)9-21-6-2-1-3-7-21;1-6-2-4-7(5-3-6)8(9,10)11;1-2(3)4;1-2/h4-5,8H,1-3,6-7,9H2;2-5H,1H3;1H3,(H,3,4);1-2H3. The fourth-order valence-electron chi connectivity index (χ4n) is 3.28. The molecule has 3 nitrogen and oxygen atoms in total. The average molecular weight is 562 g/mol. The third-order valence-electron chi connectivity index (χ3n) is 4.96. The monoisotopic (exact) mass is 561 g/mol. The Morgan fingerprint density at radius 1 is 0.763 bits per heavy atom. The van der Waals surface area contributed by atoms with Gasteiger partial charge in [0.05, 0.1) is 16.7 Å². The summed E-state index contributed by atoms with van der Waals surface area (Å²) in [6, 6.07) is 6.69. The molecular weight excluding hydrogens is 529 g/mol. The van der Waals surface area contributed by atoms with Gasteiger partial charge in [-0.1, -0.05) is 38.0 Å². The molecule has 1 N–H and O–H groups in total. The molecule has 0 bridgehead atoms. The Bertz CT molecular complexity index is 957. The van der Waals surface area contributed by atoms with Crippen molar-refractivity contribution in [3.63, 3.8) is 0 Å². The van der Waals surface area contributed by atoms with E-state index >= 15 is 0 Å². The van der Waals surface area contributed by atoms with Crippen LogP contribution in [-0.2, 0) is 29.9 Å². The summed E-state index contributed by atoms with van der Waals surface area (Å²) in [7, 11) is 0. The molecule has 216 valence electrons. The van der Waals surface area contributed by atoms with Crippen LogP contribution in [-0.4, -0.2) is 29.1 Å². The number of aryl methyl sites for hydroxylation is 1. The van der Waals surface area contributed by atoms with Crippen molar-refractivity contribution in [3.8, 4) is 0 Å². The van der Waals surface area contributed by atoms with Crippen LogP contribution in [0.5, 0.6) is 0 Å². The molecule has 1 heterocycles. The summed E-state index contributed by atoms with van der Waals surface area (Å²) in [4.78, 5) is 10.8. The number of halogens is 9. The number of nitrogens with zero attached hydrogens (tertiary/aromatic N) is 1. The third kappa shape index (κ3) is 13.7. The zero-order valence-electron chi connectivity index (χ0n) is 21.5. The Labute approximate surface area is 216 Å². The highest BCUT2D eigenvalue weighted by Gasteiger charge is 2.37. The fourth-order valence-corrected chi connectivity index (χ4v) is 3.28. The molecule has 0 spiro atoms. The molecule has 1 fully saturated rings. The molecule has 0 saturated carbocycles. The summed E-state index contributed by atoms with van der Waals surface area (Å²) in [6.45, 7) is 7.97. The number of carboxylic acids is 1. The maximum Gasteiger partial charge on any atom is 0.416 e. The number of benzene rings is 2. The minimum atomic E-state index is -4.64. The van der Waals surface area contributed by atoms with Crippen molar-refractivity contribution in [2.24, 2.45) is 0 Å². The largest absolute Gasteiger partial charge is 0.481 e. The van der Waals surface area contributed by atoms with E-state index < -0.39 is 41.2 Å². The van der Waals surface area contributed by atoms with Crippen molar-refractivity contribution in [2.75, 3.05) is 13.1 Å². The van der Waals surface area contributed by atoms with Crippen LogP contribution in [0.15, 0.2) is 42.5 Å². The highest BCUT2D eigenvalue weighted by atomic mass is 19.4. The van der Waals surface area contributed by atoms with Crippen LogP contribution in [0.25, 0.3) is 0 Å². The van der Waals surface area contributed by atoms with E-state index in [1.54, 1.807) is 11.8 Å². The smallest absolute Gasteiger partial charge is 0.416 e. The molecule has 12 heteroatoms. The summed E-state index contributed by atoms with van der Waals surface area (Å²) in [5.74, 6) is -0.833. The van der Waals surface area contributed by atoms with Gasteiger partial charge in [-0.05, 0) is 68.8 Å². The lowest BCUT2D eigenvalue weighted by atomic mass is 10.0. The summed E-state index contributed by atoms with van der Waals surface area (Å²) < 4.78 is 113. The average Bonchev–Trinajstić information content (AvgIpc) is 2.79. The number of aliphatic carboxylic acids is 1. The lowest BCUT2D eigenvalue weighted by Crippen LogP contribution is -2.30. The second-order valence-electron chi connectivity index (χ2n) is 8.09. The van der Waals surface area contributed by atoms with Crippen LogP contribution in [0.1, 0.15) is 67.9 Å². The predicted molar refractivity (Wildman–Crippen MR) is 126 cm³/mol. The maximum absolute atomic E-state index is 12.9. The lowest BCUT2D eigenvalue weighted by Gasteiger charge is -2.28. The summed E-state index contributed by atoms with van der Waals surface area (Å²) >= 11 is 0. The van der Waals surface area contributed by atoms with E-state index in [4.69, 9.17) is 9.90 Å². The number of piperidine rings is 1. The molecule has 0 atom stereocenters. The van der Waals surface area contributed by atoms with Gasteiger partial charge in [0.25, 0.3) is 5.97 Å². The first-order valence-electron chi connectivity index (χ1n) is 11.7. The molecule has 0 unspecified atom stereocenters. The third-order valence-corrected chi connectivity index (χ3v) is 4.96. The van der Waals surface area contributed by atoms with Crippen LogP contribution in [0.4, 0.5) is 39.5 Å². The quantitative estimate of drug-likeness (QED) is 0.373. The first kappa shape index (κ1) is 35.2. The molecule has 1 aliphatic heterocycles. The summed E-state index contributed by atoms with van der Waals surface area (Å²) in [5.41, 5.74) is -2.09. The molecule has 1 saturated heterocycles. The van der Waals surface area contributed by atoms with Crippen molar-refractivity contribution in [3.05, 3.63) is 70.3 Å². The highest BCUT2D eigenvalue weighted by molar-refractivity contribution is 5.62. The van der Waals surface area contributed by atoms with Crippen LogP contribution in [0.3, 0.4) is 0 Å². The lowest BCUT2D eigenvalue weighted by molar-refractivity contribution is -0.142. The van der Waals surface area contributed by atoms with Gasteiger partial charge in [-0.2, -0.15) is 39.5 Å². The molecule has 0 radical (unpaired) electrons. The number of hydrogen-bond acceptors (Lipinski definition) is 2. The molecule has 1 aliphatic rings. The highest BCUT2D eigenvalue weighted by Crippen LogP contribution is 2.37. The second kappa shape index (κ2) is 15.6. The summed E-state index contributed by atoms with van der Waals surface area (Å²) in [5, 5.41) is 7.42. The molecule has 0 aliphatic carbocycles. The number of rotatable bonds is 2. The van der Waals surface area contributed by atoms with Crippen molar-refractivity contribution in [1.29, 1.82) is 0 Å². The molecule has 2 aromatic rings. The van der Waals surface area contributed by atoms with Gasteiger partial charge in [0.2, 0.25) is 0 Å². The van der Waals surface area contributed by atoms with E-state index in [2.05, 4.69) is 0 Å². The fraction of sp³-hybridized carbons (Fsp3) is 0.500. The predicted octanol–water partition coefficient (Wildman–Crippen LogP) is 8.84. The Morgan fingerprint density at radius 3 is 1.58 bits per heavy atom. The minimum absolute atomic E-state index is 0.0984. The van der Waals surface area contributed by atoms with Crippen molar-refractivity contribution >= 4 is 5.97 Å². The van der Waals surface area contributed by atoms with E-state index in [-0.39, 0.29) is 12.1 Å². The SMILES string of the molecule is CC.CC(=O)O.Cc1ccc(C(F)(F)F)cc1.FC(F)(F)c1ccc(C(F)(F)F)c(CN2CCCCC2)c1. The van der Waals surface area contributed by atoms with Gasteiger partial charge in [0, 0.05) is 13.5 Å². The van der Waals surface area contributed by atoms with Gasteiger partial charge in [-0.15, -0.1) is 0 Å². The van der Waals surface area contributed by atoms with E-state index in [0.717, 1.165) is 43.9 Å². The topological polar surface area (TPSA) is 40.5 Å². The van der Waals surface area contributed by atoms with Crippen LogP contribution in [0.2, 0.25) is 0 Å². The van der Waals surface area contributed by atoms with Gasteiger partial charge in [-0.25, -0.2) is 0 Å². The van der Waals surface area contributed by atoms with Crippen LogP contribution >= 0.6 is 0 Å². The van der Waals surface area contributed by atoms with Gasteiger partial charge < -0.3 is 5.11 Å². The van der Waals surface area contributed by atoms with E-state index in [0.29, 0.717) is 31.3 Å². The van der Waals surface area contributed by atoms with Gasteiger partial charge in [0.1, 0.15) is 0 Å². The minimum Gasteiger partial charge on any atom is -0.481 e. The van der Waals surface area contributed by atoms with Crippen LogP contribution in [0, 0.1) is 6.92 Å². The molecule has 2 aromatic carbocycles. The Hall–Kier alpha value is -2.76.